The van der Waals surface area contributed by atoms with Crippen LogP contribution >= 0.6 is 0 Å². The van der Waals surface area contributed by atoms with Crippen molar-refractivity contribution in [2.75, 3.05) is 0 Å². The van der Waals surface area contributed by atoms with Crippen LogP contribution in [0.3, 0.4) is 0 Å². The predicted molar refractivity (Wildman–Crippen MR) is 66.8 cm³/mol. The fraction of sp³-hybridized carbons (Fsp3) is 0. The van der Waals surface area contributed by atoms with E-state index in [1.165, 1.54) is 21.6 Å². The fourth-order valence-corrected chi connectivity index (χ4v) is 1.78. The molecule has 0 atom stereocenters. The van der Waals surface area contributed by atoms with Gasteiger partial charge in [0.2, 0.25) is 0 Å². The van der Waals surface area contributed by atoms with E-state index in [1.54, 1.807) is 0 Å². The number of hydrogen-bond acceptors (Lipinski definition) is 0. The van der Waals surface area contributed by atoms with Gasteiger partial charge in [0.15, 0.2) is 0 Å². The maximum Gasteiger partial charge on any atom is 0 e. The molecule has 3 rings (SSSR count). The minimum absolute atomic E-state index is 0. The van der Waals surface area contributed by atoms with Gasteiger partial charge in [0.25, 0.3) is 0 Å². The first kappa shape index (κ1) is 12.4. The van der Waals surface area contributed by atoms with E-state index in [4.69, 9.17) is 0 Å². The summed E-state index contributed by atoms with van der Waals surface area (Å²) in [5.74, 6) is 0. The Labute approximate surface area is 113 Å². The quantitative estimate of drug-likeness (QED) is 0.308. The molecule has 1 aromatic carbocycles. The first-order valence-corrected chi connectivity index (χ1v) is 4.30. The normalized spacial score (nSPS) is 12.8. The molecule has 0 heterocycles. The second kappa shape index (κ2) is 4.90. The van der Waals surface area contributed by atoms with Crippen molar-refractivity contribution in [3.05, 3.63) is 51.2 Å². The van der Waals surface area contributed by atoms with E-state index in [0.717, 1.165) is 0 Å². The summed E-state index contributed by atoms with van der Waals surface area (Å²) in [6.45, 7) is 0. The van der Waals surface area contributed by atoms with Crippen molar-refractivity contribution in [2.24, 2.45) is 0 Å². The van der Waals surface area contributed by atoms with Crippen LogP contribution in [0.2, 0.25) is 0 Å². The monoisotopic (exact) mass is 177 g/mol. The third-order valence-corrected chi connectivity index (χ3v) is 2.39. The van der Waals surface area contributed by atoms with Gasteiger partial charge in [-0.3, -0.25) is 0 Å². The first-order chi connectivity index (χ1) is 6.45. The summed E-state index contributed by atoms with van der Waals surface area (Å²) in [4.78, 5) is 0. The van der Waals surface area contributed by atoms with Crippen LogP contribution in [0.15, 0.2) is 29.7 Å². The van der Waals surface area contributed by atoms with E-state index < -0.39 is 0 Å². The van der Waals surface area contributed by atoms with Crippen LogP contribution in [0.4, 0.5) is 0 Å². The van der Waals surface area contributed by atoms with Gasteiger partial charge in [0.05, 0.1) is 0 Å². The van der Waals surface area contributed by atoms with Crippen LogP contribution in [0.5, 0.6) is 0 Å². The van der Waals surface area contributed by atoms with Crippen LogP contribution in [-0.4, -0.2) is 37.7 Å². The molecule has 0 saturated carbocycles. The van der Waals surface area contributed by atoms with Crippen molar-refractivity contribution >= 4 is 62.0 Å². The maximum absolute atomic E-state index is 3.09. The molecule has 0 aromatic heterocycles. The molecular weight excluding hydrogens is 170 g/mol. The Bertz CT molecular complexity index is 560. The molecule has 0 nitrogen and oxygen atoms in total. The zero-order valence-electron chi connectivity index (χ0n) is 9.04. The second-order valence-electron chi connectivity index (χ2n) is 3.17. The van der Waals surface area contributed by atoms with Gasteiger partial charge in [-0.1, -0.05) is 29.9 Å². The maximum atomic E-state index is 3.09. The summed E-state index contributed by atoms with van der Waals surface area (Å²) >= 11 is 0. The summed E-state index contributed by atoms with van der Waals surface area (Å²) in [6.07, 6.45) is 12.2. The Morgan fingerprint density at radius 3 is 2.67 bits per heavy atom. The molecule has 0 bridgehead atoms. The van der Waals surface area contributed by atoms with Gasteiger partial charge < -0.3 is 0 Å². The topological polar surface area (TPSA) is 0 Å². The third kappa shape index (κ3) is 1.99. The number of allylic oxidation sites excluding steroid dienone is 2. The van der Waals surface area contributed by atoms with E-state index in [1.807, 2.05) is 24.3 Å². The Morgan fingerprint density at radius 2 is 1.80 bits per heavy atom. The van der Waals surface area contributed by atoms with Crippen molar-refractivity contribution in [3.63, 3.8) is 0 Å². The zero-order valence-corrected chi connectivity index (χ0v) is 9.04. The Hall–Kier alpha value is -0.675. The third-order valence-electron chi connectivity index (χ3n) is 2.39. The Kier molecular flexibility index (Phi) is 4.05. The smallest absolute Gasteiger partial charge is 0 e. The van der Waals surface area contributed by atoms with E-state index >= 15 is 0 Å². The summed E-state index contributed by atoms with van der Waals surface area (Å²) in [6, 6.07) is 2.18. The molecule has 0 N–H and O–H groups in total. The van der Waals surface area contributed by atoms with Crippen molar-refractivity contribution in [1.82, 2.24) is 0 Å². The van der Waals surface area contributed by atoms with Gasteiger partial charge >= 0.3 is 0 Å². The molecule has 0 amide bonds. The average molecular weight is 177 g/mol. The minimum atomic E-state index is 0. The molecule has 0 saturated heterocycles. The van der Waals surface area contributed by atoms with E-state index in [2.05, 4.69) is 29.7 Å². The average Bonchev–Trinajstić information content (AvgIpc) is 2.56. The van der Waals surface area contributed by atoms with Crippen molar-refractivity contribution in [3.8, 4) is 0 Å². The Balaban J connectivity index is 0.000000562. The van der Waals surface area contributed by atoms with E-state index in [9.17, 15) is 0 Å². The van der Waals surface area contributed by atoms with Gasteiger partial charge in [-0.05, 0) is 6.08 Å². The molecule has 62 valence electrons. The van der Waals surface area contributed by atoms with Gasteiger partial charge in [-0.25, -0.2) is 5.73 Å². The summed E-state index contributed by atoms with van der Waals surface area (Å²) in [7, 11) is 0. The van der Waals surface area contributed by atoms with Crippen molar-refractivity contribution in [1.29, 1.82) is 0 Å². The summed E-state index contributed by atoms with van der Waals surface area (Å²) < 4.78 is 0. The van der Waals surface area contributed by atoms with Crippen LogP contribution in [0, 0.1) is 0 Å². The second-order valence-corrected chi connectivity index (χ2v) is 3.17. The number of fused-ring (bicyclic) bond motifs is 3. The predicted octanol–water partition coefficient (Wildman–Crippen LogP) is 0.569. The molecule has 0 fully saturated rings. The van der Waals surface area contributed by atoms with Gasteiger partial charge in [0.1, 0.15) is 0 Å². The van der Waals surface area contributed by atoms with Gasteiger partial charge in [-0.2, -0.15) is 0 Å². The molecule has 15 heavy (non-hydrogen) atoms. The molecular formula is C13H7Li2-. The molecule has 2 aliphatic rings. The van der Waals surface area contributed by atoms with Crippen LogP contribution < -0.4 is 10.4 Å². The molecule has 2 heteroatoms. The first-order valence-electron chi connectivity index (χ1n) is 4.30. The van der Waals surface area contributed by atoms with Crippen LogP contribution in [0.25, 0.3) is 24.3 Å². The molecule has 0 spiro atoms. The van der Waals surface area contributed by atoms with E-state index in [0.29, 0.717) is 0 Å². The van der Waals surface area contributed by atoms with E-state index in [-0.39, 0.29) is 37.7 Å². The molecule has 2 radical (unpaired) electrons. The number of hydrogen-bond donors (Lipinski definition) is 0. The summed E-state index contributed by atoms with van der Waals surface area (Å²) in [5.41, 5.74) is 8.69. The summed E-state index contributed by atoms with van der Waals surface area (Å²) in [5, 5.41) is 2.62. The zero-order chi connectivity index (χ0) is 8.67. The minimum Gasteiger partial charge on any atom is -0.217 e. The van der Waals surface area contributed by atoms with Crippen molar-refractivity contribution < 1.29 is 0 Å². The molecule has 2 aliphatic carbocycles. The van der Waals surface area contributed by atoms with Crippen molar-refractivity contribution in [2.45, 2.75) is 0 Å². The number of rotatable bonds is 0. The Morgan fingerprint density at radius 1 is 1.00 bits per heavy atom. The largest absolute Gasteiger partial charge is 0.217 e. The fourth-order valence-electron chi connectivity index (χ4n) is 1.78. The van der Waals surface area contributed by atoms with Gasteiger partial charge in [0, 0.05) is 37.7 Å². The van der Waals surface area contributed by atoms with Crippen LogP contribution in [-0.2, 0) is 0 Å². The molecule has 1 aromatic rings. The van der Waals surface area contributed by atoms with Gasteiger partial charge in [-0.15, -0.1) is 33.9 Å². The van der Waals surface area contributed by atoms with Crippen LogP contribution in [0.1, 0.15) is 11.1 Å². The standard InChI is InChI=1S/C13H7.2Li/c1-3-7-12-10(5-1)9-11-6-2-4-8-13(11)12;;/h3-9H;;/q-1;;. The molecule has 0 unspecified atom stereocenters. The molecule has 0 aliphatic heterocycles. The SMILES string of the molecule is C1=CC=c2c(c[c-]3c2=CC=C=C3)C=1.[Li].[Li].